The van der Waals surface area contributed by atoms with Crippen molar-refractivity contribution in [2.24, 2.45) is 0 Å². The Labute approximate surface area is 263 Å². The molecule has 0 fully saturated rings. The van der Waals surface area contributed by atoms with E-state index in [1.165, 1.54) is 9.25 Å². The summed E-state index contributed by atoms with van der Waals surface area (Å²) < 4.78 is 28.9. The minimum Gasteiger partial charge on any atom is -0.466 e. The number of benzene rings is 1. The van der Waals surface area contributed by atoms with Gasteiger partial charge in [0.05, 0.1) is 37.2 Å². The van der Waals surface area contributed by atoms with E-state index >= 15 is 0 Å². The van der Waals surface area contributed by atoms with Gasteiger partial charge in [-0.2, -0.15) is 0 Å². The Kier molecular flexibility index (Phi) is 12.0. The minimum atomic E-state index is -1.52. The highest BCUT2D eigenvalue weighted by molar-refractivity contribution is 5.79. The van der Waals surface area contributed by atoms with Crippen LogP contribution in [0.1, 0.15) is 52.2 Å². The number of rotatable bonds is 14. The molecule has 248 valence electrons. The molecular weight excluding hydrogens is 608 g/mol. The van der Waals surface area contributed by atoms with E-state index < -0.39 is 66.9 Å². The molecule has 0 aliphatic carbocycles. The number of esters is 5. The molecule has 0 saturated heterocycles. The largest absolute Gasteiger partial charge is 0.466 e. The molecule has 0 N–H and O–H groups in total. The monoisotopic (exact) mass is 644 g/mol. The van der Waals surface area contributed by atoms with Crippen molar-refractivity contribution < 1.29 is 47.7 Å². The van der Waals surface area contributed by atoms with E-state index in [9.17, 15) is 28.8 Å². The van der Waals surface area contributed by atoms with Crippen LogP contribution in [0.3, 0.4) is 0 Å². The van der Waals surface area contributed by atoms with Crippen molar-refractivity contribution in [3.63, 3.8) is 0 Å². The molecule has 2 heterocycles. The van der Waals surface area contributed by atoms with E-state index in [4.69, 9.17) is 23.7 Å². The molecular formula is C29H36N6O11. The number of hydrogen-bond donors (Lipinski definition) is 0. The zero-order valence-electron chi connectivity index (χ0n) is 26.6. The molecule has 46 heavy (non-hydrogen) atoms. The van der Waals surface area contributed by atoms with Crippen LogP contribution < -0.4 is 5.56 Å². The summed E-state index contributed by atoms with van der Waals surface area (Å²) in [5, 5.41) is 11.5. The first-order valence-electron chi connectivity index (χ1n) is 14.3. The van der Waals surface area contributed by atoms with Crippen LogP contribution in [0.4, 0.5) is 0 Å². The second-order valence-electron chi connectivity index (χ2n) is 10.3. The van der Waals surface area contributed by atoms with Gasteiger partial charge in [-0.15, -0.1) is 5.10 Å². The summed E-state index contributed by atoms with van der Waals surface area (Å²) >= 11 is 0. The molecule has 1 aromatic carbocycles. The number of aryl methyl sites for hydroxylation is 3. The Morgan fingerprint density at radius 2 is 1.48 bits per heavy atom. The van der Waals surface area contributed by atoms with Crippen LogP contribution in [-0.2, 0) is 60.7 Å². The summed E-state index contributed by atoms with van der Waals surface area (Å²) in [6.07, 6.45) is -4.47. The van der Waals surface area contributed by atoms with Gasteiger partial charge in [0.2, 0.25) is 5.82 Å². The molecule has 17 nitrogen and oxygen atoms in total. The number of nitrogens with zero attached hydrogens (tertiary/aromatic N) is 6. The van der Waals surface area contributed by atoms with Crippen LogP contribution in [0.5, 0.6) is 0 Å². The molecule has 0 radical (unpaired) electrons. The van der Waals surface area contributed by atoms with Gasteiger partial charge in [0.15, 0.2) is 24.0 Å². The normalized spacial score (nSPS) is 12.9. The van der Waals surface area contributed by atoms with Crippen LogP contribution in [0, 0.1) is 13.8 Å². The number of fused-ring (bicyclic) bond motifs is 1. The summed E-state index contributed by atoms with van der Waals surface area (Å²) in [5.41, 5.74) is 1.42. The molecule has 0 aliphatic rings. The van der Waals surface area contributed by atoms with E-state index in [0.29, 0.717) is 11.0 Å². The van der Waals surface area contributed by atoms with Crippen LogP contribution in [0.2, 0.25) is 0 Å². The summed E-state index contributed by atoms with van der Waals surface area (Å²) in [7, 11) is 0. The van der Waals surface area contributed by atoms with Crippen molar-refractivity contribution in [2.75, 3.05) is 13.2 Å². The average molecular weight is 645 g/mol. The second kappa shape index (κ2) is 15.7. The molecule has 0 bridgehead atoms. The highest BCUT2D eigenvalue weighted by atomic mass is 16.6. The summed E-state index contributed by atoms with van der Waals surface area (Å²) in [6.45, 7) is 8.96. The summed E-state index contributed by atoms with van der Waals surface area (Å²) in [4.78, 5) is 78.9. The first-order chi connectivity index (χ1) is 21.7. The highest BCUT2D eigenvalue weighted by Crippen LogP contribution is 2.23. The SMILES string of the molecule is CCOC(=O)CCn1nnnc1-c1nc2cc(C)c(C)cc2n(C[C@H](OC(C)=O)[C@H](OC(C)=O)[C@@H](COC(C)=O)OC(C)=O)c1=O. The standard InChI is InChI=1S/C29H36N6O11/c1-8-42-25(40)9-10-35-28(31-32-33-35)26-29(41)34(22-12-16(3)15(2)11-21(22)30-26)13-23(44-18(5)37)27(46-20(7)39)24(45-19(6)38)14-43-17(4)36/h11-12,23-24,27H,8-10,13-14H2,1-7H3/t23-,24+,27-/m0/s1. The molecule has 0 aliphatic heterocycles. The third-order valence-corrected chi connectivity index (χ3v) is 6.62. The van der Waals surface area contributed by atoms with Gasteiger partial charge >= 0.3 is 29.8 Å². The second-order valence-corrected chi connectivity index (χ2v) is 10.3. The first kappa shape index (κ1) is 35.3. The maximum Gasteiger partial charge on any atom is 0.307 e. The molecule has 0 unspecified atom stereocenters. The van der Waals surface area contributed by atoms with Crippen molar-refractivity contribution in [2.45, 2.75) is 86.3 Å². The fourth-order valence-electron chi connectivity index (χ4n) is 4.57. The van der Waals surface area contributed by atoms with Crippen molar-refractivity contribution >= 4 is 40.9 Å². The predicted molar refractivity (Wildman–Crippen MR) is 157 cm³/mol. The average Bonchev–Trinajstić information content (AvgIpc) is 3.43. The van der Waals surface area contributed by atoms with Gasteiger partial charge in [-0.3, -0.25) is 28.8 Å². The number of ether oxygens (including phenoxy) is 5. The van der Waals surface area contributed by atoms with Gasteiger partial charge in [-0.25, -0.2) is 9.67 Å². The highest BCUT2D eigenvalue weighted by Gasteiger charge is 2.39. The van der Waals surface area contributed by atoms with Gasteiger partial charge in [0.1, 0.15) is 6.61 Å². The van der Waals surface area contributed by atoms with Gasteiger partial charge in [-0.1, -0.05) is 0 Å². The maximum atomic E-state index is 14.2. The number of carbonyl (C=O) groups is 5. The molecule has 3 aromatic rings. The van der Waals surface area contributed by atoms with Crippen molar-refractivity contribution in [3.05, 3.63) is 33.6 Å². The van der Waals surface area contributed by atoms with Crippen LogP contribution in [-0.4, -0.2) is 91.1 Å². The molecule has 3 rings (SSSR count). The topological polar surface area (TPSA) is 210 Å². The summed E-state index contributed by atoms with van der Waals surface area (Å²) in [5.74, 6) is -3.69. The Hall–Kier alpha value is -5.22. The molecule has 3 atom stereocenters. The molecule has 0 saturated carbocycles. The zero-order valence-corrected chi connectivity index (χ0v) is 26.6. The Bertz CT molecular complexity index is 1680. The van der Waals surface area contributed by atoms with Gasteiger partial charge in [0.25, 0.3) is 5.56 Å². The summed E-state index contributed by atoms with van der Waals surface area (Å²) in [6, 6.07) is 3.45. The van der Waals surface area contributed by atoms with E-state index in [0.717, 1.165) is 38.8 Å². The van der Waals surface area contributed by atoms with E-state index in [1.54, 1.807) is 19.1 Å². The van der Waals surface area contributed by atoms with E-state index in [-0.39, 0.29) is 31.1 Å². The molecule has 0 amide bonds. The van der Waals surface area contributed by atoms with Crippen LogP contribution >= 0.6 is 0 Å². The Morgan fingerprint density at radius 1 is 0.848 bits per heavy atom. The Balaban J connectivity index is 2.23. The lowest BCUT2D eigenvalue weighted by Crippen LogP contribution is -2.50. The fraction of sp³-hybridized carbons (Fsp3) is 0.517. The van der Waals surface area contributed by atoms with Crippen molar-refractivity contribution in [3.8, 4) is 11.5 Å². The van der Waals surface area contributed by atoms with Crippen LogP contribution in [0.25, 0.3) is 22.6 Å². The Morgan fingerprint density at radius 3 is 2.09 bits per heavy atom. The van der Waals surface area contributed by atoms with Gasteiger partial charge in [-0.05, 0) is 54.5 Å². The van der Waals surface area contributed by atoms with Crippen molar-refractivity contribution in [1.29, 1.82) is 0 Å². The van der Waals surface area contributed by atoms with E-state index in [2.05, 4.69) is 20.5 Å². The lowest BCUT2D eigenvalue weighted by Gasteiger charge is -2.32. The third kappa shape index (κ3) is 9.15. The quantitative estimate of drug-likeness (QED) is 0.177. The molecule has 2 aromatic heterocycles. The third-order valence-electron chi connectivity index (χ3n) is 6.62. The number of tetrazole rings is 1. The van der Waals surface area contributed by atoms with E-state index in [1.807, 2.05) is 13.8 Å². The number of hydrogen-bond acceptors (Lipinski definition) is 15. The molecule has 0 spiro atoms. The fourth-order valence-corrected chi connectivity index (χ4v) is 4.57. The van der Waals surface area contributed by atoms with Gasteiger partial charge in [0, 0.05) is 27.7 Å². The lowest BCUT2D eigenvalue weighted by atomic mass is 10.1. The maximum absolute atomic E-state index is 14.2. The first-order valence-corrected chi connectivity index (χ1v) is 14.3. The minimum absolute atomic E-state index is 0.0158. The zero-order chi connectivity index (χ0) is 34.1. The number of carbonyl (C=O) groups excluding carboxylic acids is 5. The number of aromatic nitrogens is 6. The van der Waals surface area contributed by atoms with Gasteiger partial charge < -0.3 is 28.3 Å². The van der Waals surface area contributed by atoms with Crippen LogP contribution in [0.15, 0.2) is 16.9 Å². The predicted octanol–water partition coefficient (Wildman–Crippen LogP) is 0.978. The van der Waals surface area contributed by atoms with Crippen molar-refractivity contribution in [1.82, 2.24) is 29.8 Å². The molecule has 17 heteroatoms. The smallest absolute Gasteiger partial charge is 0.307 e. The lowest BCUT2D eigenvalue weighted by molar-refractivity contribution is -0.190.